The van der Waals surface area contributed by atoms with E-state index in [2.05, 4.69) is 9.62 Å². The number of nitrogens with one attached hydrogen (secondary N) is 1. The lowest BCUT2D eigenvalue weighted by Gasteiger charge is -2.38. The lowest BCUT2D eigenvalue weighted by atomic mass is 10.1. The van der Waals surface area contributed by atoms with Crippen LogP contribution in [0.25, 0.3) is 0 Å². The number of rotatable bonds is 8. The zero-order chi connectivity index (χ0) is 18.7. The first-order valence-electron chi connectivity index (χ1n) is 8.16. The van der Waals surface area contributed by atoms with Gasteiger partial charge in [0.15, 0.2) is 0 Å². The van der Waals surface area contributed by atoms with Gasteiger partial charge in [-0.2, -0.15) is 11.3 Å². The van der Waals surface area contributed by atoms with Gasteiger partial charge in [-0.05, 0) is 47.0 Å². The SMILES string of the molecule is COc1ccc(S(=O)(=O)NCC(c2ccsc2)N2CCC2)cc1C(N)=O. The molecule has 0 saturated carbocycles. The molecule has 1 aliphatic heterocycles. The van der Waals surface area contributed by atoms with Crippen LogP contribution in [0, 0.1) is 0 Å². The van der Waals surface area contributed by atoms with Gasteiger partial charge in [0.2, 0.25) is 10.0 Å². The van der Waals surface area contributed by atoms with Gasteiger partial charge in [-0.1, -0.05) is 0 Å². The first kappa shape index (κ1) is 18.8. The molecule has 2 heterocycles. The maximum absolute atomic E-state index is 12.7. The number of carbonyl (C=O) groups excluding carboxylic acids is 1. The molecule has 1 unspecified atom stereocenters. The summed E-state index contributed by atoms with van der Waals surface area (Å²) in [4.78, 5) is 13.8. The van der Waals surface area contributed by atoms with E-state index in [4.69, 9.17) is 10.5 Å². The molecule has 0 radical (unpaired) electrons. The van der Waals surface area contributed by atoms with Crippen molar-refractivity contribution in [2.24, 2.45) is 5.73 Å². The summed E-state index contributed by atoms with van der Waals surface area (Å²) >= 11 is 1.59. The number of sulfonamides is 1. The Hall–Kier alpha value is -1.94. The number of methoxy groups -OCH3 is 1. The van der Waals surface area contributed by atoms with Crippen molar-refractivity contribution >= 4 is 27.3 Å². The minimum Gasteiger partial charge on any atom is -0.496 e. The average Bonchev–Trinajstić information content (AvgIpc) is 3.10. The molecule has 1 aromatic heterocycles. The molecule has 3 N–H and O–H groups in total. The Bertz CT molecular complexity index is 877. The van der Waals surface area contributed by atoms with Crippen LogP contribution in [0.2, 0.25) is 0 Å². The molecule has 1 atom stereocenters. The number of primary amides is 1. The number of ether oxygens (including phenoxy) is 1. The monoisotopic (exact) mass is 395 g/mol. The maximum atomic E-state index is 12.7. The summed E-state index contributed by atoms with van der Waals surface area (Å²) in [6.45, 7) is 2.17. The Balaban J connectivity index is 1.80. The molecule has 2 aromatic rings. The van der Waals surface area contributed by atoms with Gasteiger partial charge >= 0.3 is 0 Å². The van der Waals surface area contributed by atoms with E-state index < -0.39 is 15.9 Å². The van der Waals surface area contributed by atoms with Gasteiger partial charge in [0.25, 0.3) is 5.91 Å². The van der Waals surface area contributed by atoms with Crippen molar-refractivity contribution in [3.63, 3.8) is 0 Å². The predicted molar refractivity (Wildman–Crippen MR) is 100.0 cm³/mol. The molecule has 7 nitrogen and oxygen atoms in total. The Morgan fingerprint density at radius 2 is 2.15 bits per heavy atom. The lowest BCUT2D eigenvalue weighted by Crippen LogP contribution is -2.44. The van der Waals surface area contributed by atoms with Crippen LogP contribution in [0.4, 0.5) is 0 Å². The fourth-order valence-electron chi connectivity index (χ4n) is 2.89. The standard InChI is InChI=1S/C17H21N3O4S2/c1-24-16-4-3-13(9-14(16)17(18)21)26(22,23)19-10-15(20-6-2-7-20)12-5-8-25-11-12/h3-5,8-9,11,15,19H,2,6-7,10H2,1H3,(H2,18,21). The van der Waals surface area contributed by atoms with Crippen LogP contribution in [-0.4, -0.2) is 46.0 Å². The van der Waals surface area contributed by atoms with E-state index >= 15 is 0 Å². The molecule has 0 bridgehead atoms. The summed E-state index contributed by atoms with van der Waals surface area (Å²) in [6, 6.07) is 6.09. The molecule has 1 amide bonds. The minimum absolute atomic E-state index is 0.00126. The van der Waals surface area contributed by atoms with E-state index in [9.17, 15) is 13.2 Å². The van der Waals surface area contributed by atoms with Crippen LogP contribution in [-0.2, 0) is 10.0 Å². The van der Waals surface area contributed by atoms with E-state index in [-0.39, 0.29) is 28.8 Å². The lowest BCUT2D eigenvalue weighted by molar-refractivity contribution is 0.0997. The van der Waals surface area contributed by atoms with E-state index in [1.165, 1.54) is 25.3 Å². The van der Waals surface area contributed by atoms with Gasteiger partial charge < -0.3 is 10.5 Å². The third-order valence-corrected chi connectivity index (χ3v) is 6.60. The number of thiophene rings is 1. The molecule has 1 saturated heterocycles. The molecular weight excluding hydrogens is 374 g/mol. The highest BCUT2D eigenvalue weighted by molar-refractivity contribution is 7.89. The Kier molecular flexibility index (Phi) is 5.61. The van der Waals surface area contributed by atoms with Crippen LogP contribution in [0.1, 0.15) is 28.4 Å². The second-order valence-corrected chi connectivity index (χ2v) is 8.59. The molecule has 9 heteroatoms. The number of benzene rings is 1. The minimum atomic E-state index is -3.78. The van der Waals surface area contributed by atoms with Gasteiger partial charge in [-0.15, -0.1) is 0 Å². The molecular formula is C17H21N3O4S2. The fourth-order valence-corrected chi connectivity index (χ4v) is 4.66. The van der Waals surface area contributed by atoms with Crippen LogP contribution in [0.5, 0.6) is 5.75 Å². The topological polar surface area (TPSA) is 102 Å². The van der Waals surface area contributed by atoms with Gasteiger partial charge in [0, 0.05) is 25.7 Å². The summed E-state index contributed by atoms with van der Waals surface area (Å²) in [6.07, 6.45) is 1.12. The van der Waals surface area contributed by atoms with Crippen molar-refractivity contribution in [1.82, 2.24) is 9.62 Å². The summed E-state index contributed by atoms with van der Waals surface area (Å²) in [7, 11) is -2.39. The molecule has 1 fully saturated rings. The van der Waals surface area contributed by atoms with E-state index in [0.29, 0.717) is 0 Å². The number of hydrogen-bond donors (Lipinski definition) is 2. The van der Waals surface area contributed by atoms with Crippen LogP contribution < -0.4 is 15.2 Å². The summed E-state index contributed by atoms with van der Waals surface area (Å²) in [5.41, 5.74) is 6.45. The van der Waals surface area contributed by atoms with Crippen molar-refractivity contribution in [2.45, 2.75) is 17.4 Å². The number of likely N-dealkylation sites (tertiary alicyclic amines) is 1. The molecule has 1 aliphatic rings. The summed E-state index contributed by atoms with van der Waals surface area (Å²) < 4.78 is 33.1. The number of hydrogen-bond acceptors (Lipinski definition) is 6. The van der Waals surface area contributed by atoms with E-state index in [1.807, 2.05) is 16.8 Å². The third-order valence-electron chi connectivity index (χ3n) is 4.47. The predicted octanol–water partition coefficient (Wildman–Crippen LogP) is 1.58. The van der Waals surface area contributed by atoms with Crippen LogP contribution in [0.3, 0.4) is 0 Å². The molecule has 3 rings (SSSR count). The first-order valence-corrected chi connectivity index (χ1v) is 10.6. The average molecular weight is 396 g/mol. The molecule has 26 heavy (non-hydrogen) atoms. The van der Waals surface area contributed by atoms with Crippen molar-refractivity contribution in [1.29, 1.82) is 0 Å². The Morgan fingerprint density at radius 3 is 2.69 bits per heavy atom. The normalized spacial score (nSPS) is 16.0. The second-order valence-electron chi connectivity index (χ2n) is 6.04. The molecule has 0 spiro atoms. The Morgan fingerprint density at radius 1 is 1.38 bits per heavy atom. The maximum Gasteiger partial charge on any atom is 0.252 e. The summed E-state index contributed by atoms with van der Waals surface area (Å²) in [5.74, 6) is -0.496. The smallest absolute Gasteiger partial charge is 0.252 e. The van der Waals surface area contributed by atoms with Gasteiger partial charge in [0.1, 0.15) is 5.75 Å². The van der Waals surface area contributed by atoms with E-state index in [1.54, 1.807) is 11.3 Å². The number of nitrogens with zero attached hydrogens (tertiary/aromatic N) is 1. The summed E-state index contributed by atoms with van der Waals surface area (Å²) in [5, 5.41) is 4.02. The fraction of sp³-hybridized carbons (Fsp3) is 0.353. The highest BCUT2D eigenvalue weighted by Gasteiger charge is 2.28. The molecule has 1 aromatic carbocycles. The van der Waals surface area contributed by atoms with Crippen LogP contribution in [0.15, 0.2) is 39.9 Å². The van der Waals surface area contributed by atoms with Crippen molar-refractivity contribution in [3.8, 4) is 5.75 Å². The number of nitrogens with two attached hydrogens (primary N) is 1. The Labute approximate surface area is 156 Å². The van der Waals surface area contributed by atoms with Gasteiger partial charge in [-0.3, -0.25) is 9.69 Å². The zero-order valence-electron chi connectivity index (χ0n) is 14.3. The van der Waals surface area contributed by atoms with Crippen LogP contribution >= 0.6 is 11.3 Å². The largest absolute Gasteiger partial charge is 0.496 e. The van der Waals surface area contributed by atoms with Crippen molar-refractivity contribution < 1.29 is 17.9 Å². The first-order chi connectivity index (χ1) is 12.4. The van der Waals surface area contributed by atoms with E-state index in [0.717, 1.165) is 25.1 Å². The zero-order valence-corrected chi connectivity index (χ0v) is 16.0. The molecule has 0 aliphatic carbocycles. The van der Waals surface area contributed by atoms with Gasteiger partial charge in [-0.25, -0.2) is 13.1 Å². The highest BCUT2D eigenvalue weighted by atomic mass is 32.2. The van der Waals surface area contributed by atoms with Gasteiger partial charge in [0.05, 0.1) is 17.6 Å². The van der Waals surface area contributed by atoms with Crippen molar-refractivity contribution in [3.05, 3.63) is 46.2 Å². The quantitative estimate of drug-likeness (QED) is 0.707. The second kappa shape index (κ2) is 7.75. The third kappa shape index (κ3) is 3.90. The van der Waals surface area contributed by atoms with Crippen molar-refractivity contribution in [2.75, 3.05) is 26.7 Å². The molecule has 140 valence electrons. The highest BCUT2D eigenvalue weighted by Crippen LogP contribution is 2.28. The number of carbonyl (C=O) groups is 1. The number of amides is 1.